The number of carbonyl (C=O) groups excluding carboxylic acids is 1. The van der Waals surface area contributed by atoms with Crippen LogP contribution in [0, 0.1) is 5.92 Å². The van der Waals surface area contributed by atoms with Gasteiger partial charge in [-0.1, -0.05) is 0 Å². The van der Waals surface area contributed by atoms with Crippen molar-refractivity contribution < 1.29 is 9.53 Å². The third kappa shape index (κ3) is 3.82. The first-order chi connectivity index (χ1) is 7.00. The Labute approximate surface area is 92.8 Å². The molecule has 0 aromatic carbocycles. The molecule has 3 nitrogen and oxygen atoms in total. The molecule has 1 fully saturated rings. The largest absolute Gasteiger partial charge is 0.463 e. The molecular weight excluding hydrogens is 190 g/mol. The van der Waals surface area contributed by atoms with Crippen LogP contribution in [0.1, 0.15) is 40.5 Å². The second-order valence-corrected chi connectivity index (χ2v) is 4.91. The number of piperidine rings is 1. The second-order valence-electron chi connectivity index (χ2n) is 4.91. The Hall–Kier alpha value is -0.570. The van der Waals surface area contributed by atoms with Gasteiger partial charge in [0.05, 0.1) is 12.0 Å². The van der Waals surface area contributed by atoms with Gasteiger partial charge in [-0.05, 0) is 47.1 Å². The maximum atomic E-state index is 11.7. The Bertz CT molecular complexity index is 214. The van der Waals surface area contributed by atoms with Crippen LogP contribution in [0.15, 0.2) is 0 Å². The molecule has 15 heavy (non-hydrogen) atoms. The summed E-state index contributed by atoms with van der Waals surface area (Å²) in [6, 6.07) is 0.527. The quantitative estimate of drug-likeness (QED) is 0.672. The average Bonchev–Trinajstić information content (AvgIpc) is 2.17. The number of likely N-dealkylation sites (tertiary alicyclic amines) is 1. The van der Waals surface area contributed by atoms with Gasteiger partial charge in [-0.2, -0.15) is 0 Å². The van der Waals surface area contributed by atoms with Crippen LogP contribution in [-0.2, 0) is 9.53 Å². The summed E-state index contributed by atoms with van der Waals surface area (Å²) in [5.74, 6) is 0.0684. The van der Waals surface area contributed by atoms with E-state index in [1.807, 2.05) is 13.8 Å². The molecule has 0 spiro atoms. The van der Waals surface area contributed by atoms with E-state index < -0.39 is 0 Å². The third-order valence-corrected chi connectivity index (χ3v) is 2.87. The lowest BCUT2D eigenvalue weighted by Crippen LogP contribution is -2.43. The van der Waals surface area contributed by atoms with Gasteiger partial charge in [0.2, 0.25) is 0 Å². The highest BCUT2D eigenvalue weighted by atomic mass is 16.5. The summed E-state index contributed by atoms with van der Waals surface area (Å²) >= 11 is 0. The topological polar surface area (TPSA) is 29.5 Å². The molecule has 1 saturated heterocycles. The normalized spacial score (nSPS) is 23.5. The number of hydrogen-bond donors (Lipinski definition) is 0. The molecule has 0 saturated carbocycles. The molecule has 1 heterocycles. The van der Waals surface area contributed by atoms with Gasteiger partial charge in [0.25, 0.3) is 0 Å². The van der Waals surface area contributed by atoms with Crippen molar-refractivity contribution >= 4 is 5.97 Å². The molecular formula is C12H23NO2. The molecule has 1 aliphatic heterocycles. The van der Waals surface area contributed by atoms with Crippen LogP contribution < -0.4 is 0 Å². The van der Waals surface area contributed by atoms with Gasteiger partial charge >= 0.3 is 5.97 Å². The zero-order valence-corrected chi connectivity index (χ0v) is 10.3. The summed E-state index contributed by atoms with van der Waals surface area (Å²) in [6.07, 6.45) is 2.09. The monoisotopic (exact) mass is 213 g/mol. The Morgan fingerprint density at radius 3 is 2.53 bits per heavy atom. The molecule has 3 heteroatoms. The number of ether oxygens (including phenoxy) is 1. The standard InChI is InChI=1S/C12H23NO2/c1-9(2)13-7-5-6-11(8-13)12(14)15-10(3)4/h9-11H,5-8H2,1-4H3. The van der Waals surface area contributed by atoms with Gasteiger partial charge in [0, 0.05) is 12.6 Å². The fourth-order valence-corrected chi connectivity index (χ4v) is 2.00. The van der Waals surface area contributed by atoms with E-state index in [0.717, 1.165) is 25.9 Å². The molecule has 1 aliphatic rings. The lowest BCUT2D eigenvalue weighted by atomic mass is 9.97. The van der Waals surface area contributed by atoms with Crippen molar-refractivity contribution in [3.63, 3.8) is 0 Å². The molecule has 0 bridgehead atoms. The fourth-order valence-electron chi connectivity index (χ4n) is 2.00. The van der Waals surface area contributed by atoms with Gasteiger partial charge < -0.3 is 9.64 Å². The highest BCUT2D eigenvalue weighted by molar-refractivity contribution is 5.73. The zero-order valence-electron chi connectivity index (χ0n) is 10.3. The van der Waals surface area contributed by atoms with Crippen LogP contribution in [-0.4, -0.2) is 36.1 Å². The van der Waals surface area contributed by atoms with E-state index in [0.29, 0.717) is 6.04 Å². The third-order valence-electron chi connectivity index (χ3n) is 2.87. The molecule has 0 aromatic heterocycles. The van der Waals surface area contributed by atoms with E-state index >= 15 is 0 Å². The van der Waals surface area contributed by atoms with Gasteiger partial charge in [-0.15, -0.1) is 0 Å². The Morgan fingerprint density at radius 2 is 2.00 bits per heavy atom. The minimum absolute atomic E-state index is 0.00641. The number of esters is 1. The molecule has 88 valence electrons. The highest BCUT2D eigenvalue weighted by Crippen LogP contribution is 2.20. The Kier molecular flexibility index (Phi) is 4.58. The number of carbonyl (C=O) groups is 1. The summed E-state index contributed by atoms with van der Waals surface area (Å²) in [7, 11) is 0. The van der Waals surface area contributed by atoms with E-state index in [4.69, 9.17) is 4.74 Å². The average molecular weight is 213 g/mol. The summed E-state index contributed by atoms with van der Waals surface area (Å²) in [5.41, 5.74) is 0. The maximum Gasteiger partial charge on any atom is 0.310 e. The molecule has 0 aromatic rings. The van der Waals surface area contributed by atoms with Crippen LogP contribution in [0.4, 0.5) is 0 Å². The summed E-state index contributed by atoms with van der Waals surface area (Å²) in [6.45, 7) is 10.1. The van der Waals surface area contributed by atoms with Crippen LogP contribution in [0.3, 0.4) is 0 Å². The van der Waals surface area contributed by atoms with Gasteiger partial charge in [0.1, 0.15) is 0 Å². The first-order valence-corrected chi connectivity index (χ1v) is 5.95. The predicted molar refractivity (Wildman–Crippen MR) is 60.7 cm³/mol. The van der Waals surface area contributed by atoms with Gasteiger partial charge in [-0.25, -0.2) is 0 Å². The van der Waals surface area contributed by atoms with Crippen LogP contribution in [0.5, 0.6) is 0 Å². The molecule has 1 unspecified atom stereocenters. The van der Waals surface area contributed by atoms with E-state index in [2.05, 4.69) is 18.7 Å². The molecule has 0 radical (unpaired) electrons. The lowest BCUT2D eigenvalue weighted by molar-refractivity contribution is -0.154. The molecule has 0 aliphatic carbocycles. The first-order valence-electron chi connectivity index (χ1n) is 5.95. The lowest BCUT2D eigenvalue weighted by Gasteiger charge is -2.34. The van der Waals surface area contributed by atoms with E-state index in [1.165, 1.54) is 0 Å². The summed E-state index contributed by atoms with van der Waals surface area (Å²) in [4.78, 5) is 14.1. The second kappa shape index (κ2) is 5.50. The zero-order chi connectivity index (χ0) is 11.4. The van der Waals surface area contributed by atoms with Crippen LogP contribution in [0.2, 0.25) is 0 Å². The van der Waals surface area contributed by atoms with Gasteiger partial charge in [0.15, 0.2) is 0 Å². The number of hydrogen-bond acceptors (Lipinski definition) is 3. The smallest absolute Gasteiger partial charge is 0.310 e. The summed E-state index contributed by atoms with van der Waals surface area (Å²) < 4.78 is 5.25. The van der Waals surface area contributed by atoms with Crippen molar-refractivity contribution in [2.24, 2.45) is 5.92 Å². The number of nitrogens with zero attached hydrogens (tertiary/aromatic N) is 1. The molecule has 0 N–H and O–H groups in total. The maximum absolute atomic E-state index is 11.7. The number of rotatable bonds is 3. The molecule has 1 rings (SSSR count). The minimum Gasteiger partial charge on any atom is -0.463 e. The SMILES string of the molecule is CC(C)OC(=O)C1CCCN(C(C)C)C1. The van der Waals surface area contributed by atoms with Crippen molar-refractivity contribution in [1.82, 2.24) is 4.90 Å². The molecule has 1 atom stereocenters. The predicted octanol–water partition coefficient (Wildman–Crippen LogP) is 2.06. The van der Waals surface area contributed by atoms with E-state index in [9.17, 15) is 4.79 Å². The fraction of sp³-hybridized carbons (Fsp3) is 0.917. The van der Waals surface area contributed by atoms with Crippen molar-refractivity contribution in [1.29, 1.82) is 0 Å². The Balaban J connectivity index is 2.45. The van der Waals surface area contributed by atoms with Crippen molar-refractivity contribution in [2.45, 2.75) is 52.7 Å². The minimum atomic E-state index is -0.0182. The highest BCUT2D eigenvalue weighted by Gasteiger charge is 2.28. The Morgan fingerprint density at radius 1 is 1.33 bits per heavy atom. The summed E-state index contributed by atoms with van der Waals surface area (Å²) in [5, 5.41) is 0. The van der Waals surface area contributed by atoms with Crippen molar-refractivity contribution in [3.8, 4) is 0 Å². The van der Waals surface area contributed by atoms with E-state index in [1.54, 1.807) is 0 Å². The van der Waals surface area contributed by atoms with E-state index in [-0.39, 0.29) is 18.0 Å². The van der Waals surface area contributed by atoms with Crippen molar-refractivity contribution in [3.05, 3.63) is 0 Å². The van der Waals surface area contributed by atoms with Crippen LogP contribution >= 0.6 is 0 Å². The first kappa shape index (κ1) is 12.5. The molecule has 0 amide bonds. The van der Waals surface area contributed by atoms with Crippen molar-refractivity contribution in [2.75, 3.05) is 13.1 Å². The van der Waals surface area contributed by atoms with Gasteiger partial charge in [-0.3, -0.25) is 4.79 Å². The van der Waals surface area contributed by atoms with Crippen LogP contribution in [0.25, 0.3) is 0 Å².